The summed E-state index contributed by atoms with van der Waals surface area (Å²) >= 11 is 4.97. The van der Waals surface area contributed by atoms with Gasteiger partial charge in [0, 0.05) is 12.1 Å². The first kappa shape index (κ1) is 11.9. The fourth-order valence-electron chi connectivity index (χ4n) is 1.05. The first-order valence-corrected chi connectivity index (χ1v) is 5.32. The molecule has 0 aliphatic carbocycles. The van der Waals surface area contributed by atoms with Gasteiger partial charge < -0.3 is 10.6 Å². The van der Waals surface area contributed by atoms with Crippen molar-refractivity contribution in [3.63, 3.8) is 0 Å². The largest absolute Gasteiger partial charge is 0.356 e. The number of anilines is 2. The Balaban J connectivity index is 2.94. The Bertz CT molecular complexity index is 379. The second-order valence-corrected chi connectivity index (χ2v) is 4.60. The van der Waals surface area contributed by atoms with E-state index in [2.05, 4.69) is 46.4 Å². The van der Waals surface area contributed by atoms with Crippen LogP contribution in [-0.2, 0) is 0 Å². The quantitative estimate of drug-likeness (QED) is 0.691. The fourth-order valence-corrected chi connectivity index (χ4v) is 1.23. The molecular formula is C9H17N5S. The molecule has 1 aromatic heterocycles. The fraction of sp³-hybridized carbons (Fsp3) is 0.667. The molecule has 1 aromatic rings. The van der Waals surface area contributed by atoms with Gasteiger partial charge in [0.2, 0.25) is 16.7 Å². The molecule has 0 fully saturated rings. The van der Waals surface area contributed by atoms with E-state index in [0.717, 1.165) is 6.54 Å². The summed E-state index contributed by atoms with van der Waals surface area (Å²) in [5.74, 6) is 1.28. The van der Waals surface area contributed by atoms with Gasteiger partial charge in [0.15, 0.2) is 0 Å². The summed E-state index contributed by atoms with van der Waals surface area (Å²) in [5, 5.41) is 6.27. The zero-order chi connectivity index (χ0) is 11.5. The maximum absolute atomic E-state index is 4.97. The van der Waals surface area contributed by atoms with Crippen molar-refractivity contribution < 1.29 is 0 Å². The van der Waals surface area contributed by atoms with E-state index in [0.29, 0.717) is 16.7 Å². The van der Waals surface area contributed by atoms with Gasteiger partial charge in [-0.05, 0) is 39.9 Å². The van der Waals surface area contributed by atoms with E-state index in [1.807, 2.05) is 6.92 Å². The molecular weight excluding hydrogens is 210 g/mol. The number of hydrogen-bond donors (Lipinski definition) is 3. The van der Waals surface area contributed by atoms with Crippen LogP contribution < -0.4 is 10.6 Å². The maximum atomic E-state index is 4.97. The first-order valence-electron chi connectivity index (χ1n) is 4.91. The molecule has 6 heteroatoms. The van der Waals surface area contributed by atoms with E-state index in [1.54, 1.807) is 0 Å². The van der Waals surface area contributed by atoms with E-state index in [4.69, 9.17) is 12.2 Å². The van der Waals surface area contributed by atoms with Crippen LogP contribution >= 0.6 is 12.2 Å². The van der Waals surface area contributed by atoms with Gasteiger partial charge in [0.05, 0.1) is 0 Å². The number of nitrogens with zero attached hydrogens (tertiary/aromatic N) is 2. The summed E-state index contributed by atoms with van der Waals surface area (Å²) in [4.78, 5) is 11.2. The summed E-state index contributed by atoms with van der Waals surface area (Å²) in [6, 6.07) is 0. The van der Waals surface area contributed by atoms with E-state index in [9.17, 15) is 0 Å². The number of aromatic nitrogens is 3. The van der Waals surface area contributed by atoms with Crippen LogP contribution in [0.2, 0.25) is 0 Å². The lowest BCUT2D eigenvalue weighted by atomic mass is 10.1. The first-order chi connectivity index (χ1) is 6.90. The Morgan fingerprint density at radius 1 is 1.27 bits per heavy atom. The highest BCUT2D eigenvalue weighted by Gasteiger charge is 2.11. The maximum Gasteiger partial charge on any atom is 0.225 e. The molecule has 0 unspecified atom stereocenters. The number of hydrogen-bond acceptors (Lipinski definition) is 5. The van der Waals surface area contributed by atoms with Gasteiger partial charge in [0.25, 0.3) is 0 Å². The lowest BCUT2D eigenvalue weighted by Crippen LogP contribution is -2.27. The molecule has 5 nitrogen and oxygen atoms in total. The van der Waals surface area contributed by atoms with E-state index in [-0.39, 0.29) is 5.54 Å². The van der Waals surface area contributed by atoms with Crippen molar-refractivity contribution in [1.82, 2.24) is 15.0 Å². The molecule has 0 spiro atoms. The summed E-state index contributed by atoms with van der Waals surface area (Å²) in [6.45, 7) is 8.95. The van der Waals surface area contributed by atoms with Gasteiger partial charge in [0.1, 0.15) is 0 Å². The monoisotopic (exact) mass is 227 g/mol. The summed E-state index contributed by atoms with van der Waals surface area (Å²) in [6.07, 6.45) is 0. The Labute approximate surface area is 94.7 Å². The third-order valence-corrected chi connectivity index (χ3v) is 1.67. The summed E-state index contributed by atoms with van der Waals surface area (Å²) in [7, 11) is 0. The molecule has 0 aliphatic rings. The molecule has 3 N–H and O–H groups in total. The normalized spacial score (nSPS) is 11.2. The average Bonchev–Trinajstić information content (AvgIpc) is 1.99. The molecule has 0 saturated carbocycles. The van der Waals surface area contributed by atoms with E-state index < -0.39 is 0 Å². The van der Waals surface area contributed by atoms with Gasteiger partial charge >= 0.3 is 0 Å². The Morgan fingerprint density at radius 2 is 1.87 bits per heavy atom. The lowest BCUT2D eigenvalue weighted by Gasteiger charge is -2.21. The number of rotatable bonds is 3. The lowest BCUT2D eigenvalue weighted by molar-refractivity contribution is 0.625. The number of H-pyrrole nitrogens is 1. The molecule has 0 saturated heterocycles. The highest BCUT2D eigenvalue weighted by Crippen LogP contribution is 2.10. The predicted molar refractivity (Wildman–Crippen MR) is 64.8 cm³/mol. The number of nitrogens with one attached hydrogen (secondary N) is 3. The van der Waals surface area contributed by atoms with Gasteiger partial charge in [-0.25, -0.2) is 0 Å². The number of aromatic amines is 1. The molecule has 0 aromatic carbocycles. The van der Waals surface area contributed by atoms with Crippen molar-refractivity contribution in [2.45, 2.75) is 33.2 Å². The average molecular weight is 227 g/mol. The smallest absolute Gasteiger partial charge is 0.225 e. The standard InChI is InChI=1S/C9H17N5S/c1-5-10-6-11-7(13-8(15)12-6)14-9(2,3)4/h5H2,1-4H3,(H3,10,11,12,13,14,15). The third-order valence-electron chi connectivity index (χ3n) is 1.49. The molecule has 84 valence electrons. The van der Waals surface area contributed by atoms with Crippen molar-refractivity contribution in [3.05, 3.63) is 4.77 Å². The van der Waals surface area contributed by atoms with Gasteiger partial charge in [-0.1, -0.05) is 0 Å². The molecule has 1 rings (SSSR count). The SMILES string of the molecule is CCNc1nc(=S)nc(NC(C)(C)C)[nH]1. The van der Waals surface area contributed by atoms with Crippen molar-refractivity contribution in [2.75, 3.05) is 17.2 Å². The van der Waals surface area contributed by atoms with Crippen LogP contribution in [-0.4, -0.2) is 27.0 Å². The minimum absolute atomic E-state index is 0.0594. The molecule has 0 aliphatic heterocycles. The second-order valence-electron chi connectivity index (χ2n) is 4.23. The predicted octanol–water partition coefficient (Wildman–Crippen LogP) is 2.18. The Kier molecular flexibility index (Phi) is 3.62. The van der Waals surface area contributed by atoms with Crippen LogP contribution in [0.5, 0.6) is 0 Å². The van der Waals surface area contributed by atoms with Crippen LogP contribution in [0.4, 0.5) is 11.9 Å². The van der Waals surface area contributed by atoms with Gasteiger partial charge in [-0.15, -0.1) is 0 Å². The summed E-state index contributed by atoms with van der Waals surface area (Å²) in [5.41, 5.74) is -0.0594. The molecule has 1 heterocycles. The van der Waals surface area contributed by atoms with Gasteiger partial charge in [-0.3, -0.25) is 4.98 Å². The van der Waals surface area contributed by atoms with Crippen molar-refractivity contribution in [3.8, 4) is 0 Å². The van der Waals surface area contributed by atoms with E-state index in [1.165, 1.54) is 0 Å². The van der Waals surface area contributed by atoms with Crippen molar-refractivity contribution in [1.29, 1.82) is 0 Å². The topological polar surface area (TPSA) is 65.6 Å². The molecule has 15 heavy (non-hydrogen) atoms. The molecule has 0 bridgehead atoms. The zero-order valence-electron chi connectivity index (χ0n) is 9.51. The van der Waals surface area contributed by atoms with Crippen LogP contribution in [0, 0.1) is 4.77 Å². The Morgan fingerprint density at radius 3 is 2.40 bits per heavy atom. The van der Waals surface area contributed by atoms with E-state index >= 15 is 0 Å². The second kappa shape index (κ2) is 4.57. The van der Waals surface area contributed by atoms with Crippen LogP contribution in [0.15, 0.2) is 0 Å². The molecule has 0 radical (unpaired) electrons. The highest BCUT2D eigenvalue weighted by molar-refractivity contribution is 7.71. The van der Waals surface area contributed by atoms with Crippen LogP contribution in [0.1, 0.15) is 27.7 Å². The third kappa shape index (κ3) is 4.24. The zero-order valence-corrected chi connectivity index (χ0v) is 10.3. The van der Waals surface area contributed by atoms with Crippen LogP contribution in [0.25, 0.3) is 0 Å². The minimum Gasteiger partial charge on any atom is -0.356 e. The van der Waals surface area contributed by atoms with Gasteiger partial charge in [-0.2, -0.15) is 9.97 Å². The molecule has 0 amide bonds. The molecule has 0 atom stereocenters. The minimum atomic E-state index is -0.0594. The van der Waals surface area contributed by atoms with Crippen LogP contribution in [0.3, 0.4) is 0 Å². The van der Waals surface area contributed by atoms with Crippen molar-refractivity contribution >= 4 is 24.1 Å². The highest BCUT2D eigenvalue weighted by atomic mass is 32.1. The Hall–Kier alpha value is -1.17. The summed E-state index contributed by atoms with van der Waals surface area (Å²) < 4.78 is 0.330. The van der Waals surface area contributed by atoms with Crippen molar-refractivity contribution in [2.24, 2.45) is 0 Å².